The average Bonchev–Trinajstić information content (AvgIpc) is 2.84. The third-order valence-electron chi connectivity index (χ3n) is 3.12. The number of rotatable bonds is 3. The number of carbonyl (C=O) groups excluding carboxylic acids is 1. The fraction of sp³-hybridized carbons (Fsp3) is 0. The zero-order chi connectivity index (χ0) is 15.7. The van der Waals surface area contributed by atoms with Crippen LogP contribution in [-0.2, 0) is 0 Å². The first kappa shape index (κ1) is 14.6. The molecule has 3 aromatic rings. The van der Waals surface area contributed by atoms with Crippen molar-refractivity contribution in [2.75, 3.05) is 0 Å². The van der Waals surface area contributed by atoms with E-state index in [1.54, 1.807) is 0 Å². The van der Waals surface area contributed by atoms with Gasteiger partial charge in [-0.2, -0.15) is 5.10 Å². The molecule has 0 bridgehead atoms. The molecule has 2 aromatic carbocycles. The summed E-state index contributed by atoms with van der Waals surface area (Å²) in [7, 11) is 0. The SMILES string of the molecule is O=Cc1c(-c2cc(F)cc(F)c2)nn(-c2ccccc2)c1Br. The molecule has 0 unspecified atom stereocenters. The molecule has 3 rings (SSSR count). The van der Waals surface area contributed by atoms with E-state index in [4.69, 9.17) is 0 Å². The second-order valence-corrected chi connectivity index (χ2v) is 5.33. The van der Waals surface area contributed by atoms with Gasteiger partial charge in [-0.05, 0) is 40.2 Å². The Morgan fingerprint density at radius 2 is 1.68 bits per heavy atom. The van der Waals surface area contributed by atoms with Gasteiger partial charge < -0.3 is 0 Å². The first-order valence-electron chi connectivity index (χ1n) is 6.35. The van der Waals surface area contributed by atoms with Crippen LogP contribution in [0.5, 0.6) is 0 Å². The van der Waals surface area contributed by atoms with Gasteiger partial charge in [0, 0.05) is 11.6 Å². The Morgan fingerprint density at radius 1 is 1.05 bits per heavy atom. The van der Waals surface area contributed by atoms with Crippen molar-refractivity contribution in [1.29, 1.82) is 0 Å². The van der Waals surface area contributed by atoms with Crippen LogP contribution in [0.4, 0.5) is 8.78 Å². The smallest absolute Gasteiger partial charge is 0.155 e. The second kappa shape index (κ2) is 5.81. The van der Waals surface area contributed by atoms with Crippen molar-refractivity contribution in [3.05, 3.63) is 70.3 Å². The molecule has 3 nitrogen and oxygen atoms in total. The number of para-hydroxylation sites is 1. The summed E-state index contributed by atoms with van der Waals surface area (Å²) in [6.07, 6.45) is 0.606. The highest BCUT2D eigenvalue weighted by Gasteiger charge is 2.19. The molecular formula is C16H9BrF2N2O. The number of hydrogen-bond acceptors (Lipinski definition) is 2. The summed E-state index contributed by atoms with van der Waals surface area (Å²) in [6, 6.07) is 12.2. The molecule has 22 heavy (non-hydrogen) atoms. The van der Waals surface area contributed by atoms with Gasteiger partial charge in [0.1, 0.15) is 21.9 Å². The minimum absolute atomic E-state index is 0.204. The number of hydrogen-bond donors (Lipinski definition) is 0. The van der Waals surface area contributed by atoms with Crippen LogP contribution in [-0.4, -0.2) is 16.1 Å². The molecule has 0 aliphatic carbocycles. The Hall–Kier alpha value is -2.34. The van der Waals surface area contributed by atoms with Gasteiger partial charge in [-0.1, -0.05) is 18.2 Å². The summed E-state index contributed by atoms with van der Waals surface area (Å²) in [4.78, 5) is 11.4. The zero-order valence-electron chi connectivity index (χ0n) is 11.1. The Labute approximate surface area is 133 Å². The van der Waals surface area contributed by atoms with Crippen molar-refractivity contribution in [3.63, 3.8) is 0 Å². The average molecular weight is 363 g/mol. The monoisotopic (exact) mass is 362 g/mol. The van der Waals surface area contributed by atoms with Crippen LogP contribution in [0.3, 0.4) is 0 Å². The normalized spacial score (nSPS) is 10.7. The molecule has 1 aromatic heterocycles. The standard InChI is InChI=1S/C16H9BrF2N2O/c17-16-14(9-22)15(10-6-11(18)8-12(19)7-10)20-21(16)13-4-2-1-3-5-13/h1-9H. The van der Waals surface area contributed by atoms with E-state index in [0.717, 1.165) is 23.9 Å². The molecule has 0 saturated carbocycles. The molecule has 0 aliphatic rings. The lowest BCUT2D eigenvalue weighted by molar-refractivity contribution is 0.112. The molecule has 0 spiro atoms. The van der Waals surface area contributed by atoms with Crippen LogP contribution < -0.4 is 0 Å². The van der Waals surface area contributed by atoms with E-state index in [2.05, 4.69) is 21.0 Å². The van der Waals surface area contributed by atoms with Crippen LogP contribution in [0.25, 0.3) is 16.9 Å². The van der Waals surface area contributed by atoms with Crippen LogP contribution in [0.2, 0.25) is 0 Å². The van der Waals surface area contributed by atoms with Gasteiger partial charge in [-0.25, -0.2) is 13.5 Å². The Kier molecular flexibility index (Phi) is 3.85. The molecule has 0 amide bonds. The summed E-state index contributed by atoms with van der Waals surface area (Å²) >= 11 is 3.32. The molecule has 0 atom stereocenters. The van der Waals surface area contributed by atoms with Gasteiger partial charge in [0.25, 0.3) is 0 Å². The molecule has 0 saturated heterocycles. The summed E-state index contributed by atoms with van der Waals surface area (Å²) in [5.74, 6) is -1.45. The minimum atomic E-state index is -0.725. The fourth-order valence-corrected chi connectivity index (χ4v) is 2.72. The van der Waals surface area contributed by atoms with Crippen LogP contribution >= 0.6 is 15.9 Å². The number of carbonyl (C=O) groups is 1. The molecular weight excluding hydrogens is 354 g/mol. The summed E-state index contributed by atoms with van der Waals surface area (Å²) in [5.41, 5.74) is 1.37. The van der Waals surface area contributed by atoms with Crippen LogP contribution in [0, 0.1) is 11.6 Å². The quantitative estimate of drug-likeness (QED) is 0.647. The van der Waals surface area contributed by atoms with E-state index in [9.17, 15) is 13.6 Å². The fourth-order valence-electron chi connectivity index (χ4n) is 2.16. The third-order valence-corrected chi connectivity index (χ3v) is 3.88. The highest BCUT2D eigenvalue weighted by Crippen LogP contribution is 2.30. The maximum atomic E-state index is 13.4. The summed E-state index contributed by atoms with van der Waals surface area (Å²) in [6.45, 7) is 0. The summed E-state index contributed by atoms with van der Waals surface area (Å²) < 4.78 is 28.7. The van der Waals surface area contributed by atoms with E-state index in [1.165, 1.54) is 4.68 Å². The van der Waals surface area contributed by atoms with Gasteiger partial charge in [0.2, 0.25) is 0 Å². The first-order chi connectivity index (χ1) is 10.6. The Morgan fingerprint density at radius 3 is 2.27 bits per heavy atom. The van der Waals surface area contributed by atoms with E-state index in [-0.39, 0.29) is 16.8 Å². The molecule has 6 heteroatoms. The molecule has 0 fully saturated rings. The summed E-state index contributed by atoms with van der Waals surface area (Å²) in [5, 5.41) is 4.31. The second-order valence-electron chi connectivity index (χ2n) is 4.58. The van der Waals surface area contributed by atoms with E-state index >= 15 is 0 Å². The van der Waals surface area contributed by atoms with Gasteiger partial charge >= 0.3 is 0 Å². The van der Waals surface area contributed by atoms with Crippen LogP contribution in [0.15, 0.2) is 53.1 Å². The molecule has 0 N–H and O–H groups in total. The maximum Gasteiger partial charge on any atom is 0.155 e. The van der Waals surface area contributed by atoms with Crippen molar-refractivity contribution < 1.29 is 13.6 Å². The highest BCUT2D eigenvalue weighted by atomic mass is 79.9. The van der Waals surface area contributed by atoms with E-state index in [1.807, 2.05) is 30.3 Å². The predicted molar refractivity (Wildman–Crippen MR) is 82.0 cm³/mol. The topological polar surface area (TPSA) is 34.9 Å². The van der Waals surface area contributed by atoms with Gasteiger partial charge in [0.05, 0.1) is 11.3 Å². The maximum absolute atomic E-state index is 13.4. The van der Waals surface area contributed by atoms with E-state index < -0.39 is 11.6 Å². The first-order valence-corrected chi connectivity index (χ1v) is 7.15. The largest absolute Gasteiger partial charge is 0.298 e. The van der Waals surface area contributed by atoms with Crippen molar-refractivity contribution in [2.24, 2.45) is 0 Å². The molecule has 110 valence electrons. The van der Waals surface area contributed by atoms with Crippen molar-refractivity contribution >= 4 is 22.2 Å². The number of nitrogens with zero attached hydrogens (tertiary/aromatic N) is 2. The zero-order valence-corrected chi connectivity index (χ0v) is 12.7. The van der Waals surface area contributed by atoms with Crippen molar-refractivity contribution in [1.82, 2.24) is 9.78 Å². The van der Waals surface area contributed by atoms with Gasteiger partial charge in [-0.15, -0.1) is 0 Å². The van der Waals surface area contributed by atoms with Crippen molar-refractivity contribution in [2.45, 2.75) is 0 Å². The highest BCUT2D eigenvalue weighted by molar-refractivity contribution is 9.10. The number of benzene rings is 2. The lowest BCUT2D eigenvalue weighted by Crippen LogP contribution is -1.96. The van der Waals surface area contributed by atoms with Gasteiger partial charge in [-0.3, -0.25) is 4.79 Å². The lowest BCUT2D eigenvalue weighted by atomic mass is 10.1. The number of halogens is 3. The molecule has 0 aliphatic heterocycles. The Bertz CT molecular complexity index is 827. The molecule has 0 radical (unpaired) electrons. The van der Waals surface area contributed by atoms with E-state index in [0.29, 0.717) is 10.9 Å². The Balaban J connectivity index is 2.22. The number of aldehydes is 1. The van der Waals surface area contributed by atoms with Gasteiger partial charge in [0.15, 0.2) is 6.29 Å². The molecule has 1 heterocycles. The van der Waals surface area contributed by atoms with Crippen molar-refractivity contribution in [3.8, 4) is 16.9 Å². The third kappa shape index (κ3) is 2.57. The minimum Gasteiger partial charge on any atom is -0.298 e. The predicted octanol–water partition coefficient (Wildman–Crippen LogP) is 4.39. The number of aromatic nitrogens is 2. The lowest BCUT2D eigenvalue weighted by Gasteiger charge is -2.02. The van der Waals surface area contributed by atoms with Crippen LogP contribution in [0.1, 0.15) is 10.4 Å².